The SMILES string of the molecule is CSCC[C@H](NC(=O)[C@H](CC(C)C)NC(=O)[C@H](CCCCNC(C)=O)NC(=O)[C@H](CCCCN)NC(=O)[C@H](Cc1cnc[nH]1)NC(=O)[C@H](CCCN=C(N)N)NC(=O)[C@H](CO)NC(=O)[C@@H](N)[C@@H](C)O)C(=O)N[C@@H](C)C(=O)O. The van der Waals surface area contributed by atoms with Gasteiger partial charge >= 0.3 is 5.97 Å². The van der Waals surface area contributed by atoms with Gasteiger partial charge in [0.2, 0.25) is 53.2 Å². The minimum Gasteiger partial charge on any atom is -0.480 e. The lowest BCUT2D eigenvalue weighted by atomic mass is 10.0. The van der Waals surface area contributed by atoms with E-state index in [-0.39, 0.29) is 88.8 Å². The van der Waals surface area contributed by atoms with Crippen LogP contribution in [-0.2, 0) is 54.4 Å². The fraction of sp³-hybridized carbons (Fsp3) is 0.702. The Kier molecular flexibility index (Phi) is 33.0. The number of carboxylic acids is 1. The number of amides is 9. The summed E-state index contributed by atoms with van der Waals surface area (Å²) >= 11 is 1.39. The highest BCUT2D eigenvalue weighted by Crippen LogP contribution is 2.12. The van der Waals surface area contributed by atoms with Crippen molar-refractivity contribution in [2.75, 3.05) is 38.2 Å². The van der Waals surface area contributed by atoms with Gasteiger partial charge in [0.25, 0.3) is 0 Å². The van der Waals surface area contributed by atoms with Crippen LogP contribution in [0, 0.1) is 5.92 Å². The number of aromatic amines is 1. The third kappa shape index (κ3) is 27.8. The van der Waals surface area contributed by atoms with E-state index in [4.69, 9.17) is 22.9 Å². The van der Waals surface area contributed by atoms with Crippen molar-refractivity contribution in [3.8, 4) is 0 Å². The van der Waals surface area contributed by atoms with Crippen molar-refractivity contribution in [1.82, 2.24) is 57.8 Å². The molecule has 0 bridgehead atoms. The summed E-state index contributed by atoms with van der Waals surface area (Å²) in [5.74, 6) is -8.47. The molecule has 0 saturated carbocycles. The number of rotatable bonds is 39. The highest BCUT2D eigenvalue weighted by atomic mass is 32.2. The summed E-state index contributed by atoms with van der Waals surface area (Å²) in [6.45, 7) is 7.00. The number of guanidine groups is 1. The van der Waals surface area contributed by atoms with E-state index in [0.29, 0.717) is 30.7 Å². The molecular weight excluding hydrogens is 1030 g/mol. The average molecular weight is 1110 g/mol. The van der Waals surface area contributed by atoms with Crippen LogP contribution in [0.15, 0.2) is 17.5 Å². The van der Waals surface area contributed by atoms with Gasteiger partial charge in [0.1, 0.15) is 54.4 Å². The van der Waals surface area contributed by atoms with Crippen molar-refractivity contribution in [2.24, 2.45) is 33.8 Å². The monoisotopic (exact) mass is 1110 g/mol. The zero-order valence-corrected chi connectivity index (χ0v) is 45.7. The Bertz CT molecular complexity index is 2080. The lowest BCUT2D eigenvalue weighted by Crippen LogP contribution is -2.61. The standard InChI is InChI=1S/C47H84N16O13S/c1-25(2)20-34(42(71)60-33(15-19-77-6)38(67)56-26(3)46(75)76)61-40(69)31(13-8-10-17-53-28(5)66)57-39(68)30(12-7-9-16-48)58-43(72)35(21-29-22-52-24-55-29)62-41(70)32(14-11-18-54-47(50)51)59-44(73)36(23-64)63-45(74)37(49)27(4)65/h22,24-27,30-37,64-65H,7-21,23,48-49H2,1-6H3,(H,52,55)(H,53,66)(H,56,67)(H,57,68)(H,58,72)(H,59,73)(H,60,71)(H,61,69)(H,62,70)(H,63,74)(H,75,76)(H4,50,51,54)/t26-,27+,30-,31-,32-,33-,34-,35-,36-,37-/m0/s1. The summed E-state index contributed by atoms with van der Waals surface area (Å²) in [5.41, 5.74) is 22.8. The number of aliphatic hydroxyl groups is 2. The fourth-order valence-corrected chi connectivity index (χ4v) is 7.74. The number of H-pyrrole nitrogens is 1. The van der Waals surface area contributed by atoms with E-state index >= 15 is 0 Å². The minimum atomic E-state index is -1.63. The third-order valence-corrected chi connectivity index (χ3v) is 12.3. The molecular formula is C47H84N16O13S. The van der Waals surface area contributed by atoms with E-state index in [2.05, 4.69) is 62.8 Å². The van der Waals surface area contributed by atoms with Gasteiger partial charge in [0.05, 0.1) is 19.0 Å². The number of nitrogens with two attached hydrogens (primary N) is 4. The molecule has 0 radical (unpaired) electrons. The van der Waals surface area contributed by atoms with Gasteiger partial charge in [-0.25, -0.2) is 4.98 Å². The second kappa shape index (κ2) is 37.2. The lowest BCUT2D eigenvalue weighted by molar-refractivity contribution is -0.142. The van der Waals surface area contributed by atoms with Gasteiger partial charge in [-0.05, 0) is 103 Å². The quantitative estimate of drug-likeness (QED) is 0.0167. The minimum absolute atomic E-state index is 0.00848. The highest BCUT2D eigenvalue weighted by molar-refractivity contribution is 7.98. The van der Waals surface area contributed by atoms with E-state index in [9.17, 15) is 63.3 Å². The van der Waals surface area contributed by atoms with Crippen LogP contribution in [0.1, 0.15) is 105 Å². The Labute approximate surface area is 452 Å². The van der Waals surface area contributed by atoms with Gasteiger partial charge in [-0.15, -0.1) is 0 Å². The topological polar surface area (TPSA) is 485 Å². The summed E-state index contributed by atoms with van der Waals surface area (Å²) in [6, 6.07) is -12.4. The van der Waals surface area contributed by atoms with Crippen LogP contribution in [0.4, 0.5) is 0 Å². The van der Waals surface area contributed by atoms with Gasteiger partial charge in [-0.3, -0.25) is 52.9 Å². The van der Waals surface area contributed by atoms with Gasteiger partial charge in [0, 0.05) is 38.3 Å². The Morgan fingerprint density at radius 3 is 1.60 bits per heavy atom. The summed E-state index contributed by atoms with van der Waals surface area (Å²) in [7, 11) is 0. The molecule has 1 aromatic rings. The Hall–Kier alpha value is -6.63. The normalized spacial score (nSPS) is 15.0. The number of hydrogen-bond donors (Lipinski definition) is 17. The van der Waals surface area contributed by atoms with Crippen LogP contribution < -0.4 is 70.8 Å². The molecule has 0 spiro atoms. The largest absolute Gasteiger partial charge is 0.480 e. The Morgan fingerprint density at radius 2 is 1.13 bits per heavy atom. The predicted molar refractivity (Wildman–Crippen MR) is 286 cm³/mol. The van der Waals surface area contributed by atoms with Crippen molar-refractivity contribution in [3.05, 3.63) is 18.2 Å². The van der Waals surface area contributed by atoms with Gasteiger partial charge < -0.3 is 91.1 Å². The van der Waals surface area contributed by atoms with Gasteiger partial charge in [-0.1, -0.05) is 13.8 Å². The van der Waals surface area contributed by atoms with Crippen LogP contribution in [0.25, 0.3) is 0 Å². The van der Waals surface area contributed by atoms with E-state index in [0.717, 1.165) is 0 Å². The number of aliphatic imine (C=N–C) groups is 1. The molecule has 1 heterocycles. The number of hydrogen-bond acceptors (Lipinski definition) is 17. The first-order valence-corrected chi connectivity index (χ1v) is 26.9. The first kappa shape index (κ1) is 68.4. The summed E-state index contributed by atoms with van der Waals surface area (Å²) in [6.07, 6.45) is 4.52. The number of imidazole rings is 1. The van der Waals surface area contributed by atoms with Crippen molar-refractivity contribution >= 4 is 76.9 Å². The molecule has 10 atom stereocenters. The van der Waals surface area contributed by atoms with Crippen molar-refractivity contribution in [2.45, 2.75) is 166 Å². The molecule has 0 aliphatic heterocycles. The number of thioether (sulfide) groups is 1. The molecule has 0 unspecified atom stereocenters. The molecule has 0 aromatic carbocycles. The molecule has 0 fully saturated rings. The Morgan fingerprint density at radius 1 is 0.662 bits per heavy atom. The summed E-state index contributed by atoms with van der Waals surface area (Å²) in [5, 5.41) is 52.3. The van der Waals surface area contributed by atoms with E-state index < -0.39 is 120 Å². The molecule has 0 aliphatic carbocycles. The molecule has 1 rings (SSSR count). The smallest absolute Gasteiger partial charge is 0.325 e. The maximum atomic E-state index is 14.4. The van der Waals surface area contributed by atoms with Crippen LogP contribution in [0.3, 0.4) is 0 Å². The summed E-state index contributed by atoms with van der Waals surface area (Å²) in [4.78, 5) is 144. The highest BCUT2D eigenvalue weighted by Gasteiger charge is 2.35. The van der Waals surface area contributed by atoms with Crippen molar-refractivity contribution in [1.29, 1.82) is 0 Å². The van der Waals surface area contributed by atoms with Crippen LogP contribution in [0.2, 0.25) is 0 Å². The molecule has 30 heteroatoms. The van der Waals surface area contributed by atoms with E-state index in [1.54, 1.807) is 20.1 Å². The van der Waals surface area contributed by atoms with Crippen LogP contribution >= 0.6 is 11.8 Å². The number of aromatic nitrogens is 2. The third-order valence-electron chi connectivity index (χ3n) is 11.6. The molecule has 77 heavy (non-hydrogen) atoms. The maximum absolute atomic E-state index is 14.4. The van der Waals surface area contributed by atoms with Crippen molar-refractivity contribution in [3.63, 3.8) is 0 Å². The first-order valence-electron chi connectivity index (χ1n) is 25.5. The van der Waals surface area contributed by atoms with Crippen molar-refractivity contribution < 1.29 is 63.3 Å². The number of unbranched alkanes of at least 4 members (excludes halogenated alkanes) is 2. The molecule has 9 amide bonds. The molecule has 29 nitrogen and oxygen atoms in total. The van der Waals surface area contributed by atoms with Crippen LogP contribution in [0.5, 0.6) is 0 Å². The Balaban J connectivity index is 3.66. The van der Waals surface area contributed by atoms with E-state index in [1.165, 1.54) is 45.1 Å². The number of aliphatic carboxylic acids is 1. The molecule has 0 aliphatic rings. The zero-order valence-electron chi connectivity index (χ0n) is 44.9. The number of carbonyl (C=O) groups excluding carboxylic acids is 9. The number of nitrogens with one attached hydrogen (secondary N) is 10. The number of carbonyl (C=O) groups is 10. The second-order valence-corrected chi connectivity index (χ2v) is 19.8. The number of aliphatic hydroxyl groups excluding tert-OH is 2. The zero-order chi connectivity index (χ0) is 58.2. The second-order valence-electron chi connectivity index (χ2n) is 18.8. The molecule has 21 N–H and O–H groups in total. The van der Waals surface area contributed by atoms with Gasteiger partial charge in [-0.2, -0.15) is 11.8 Å². The maximum Gasteiger partial charge on any atom is 0.325 e. The number of nitrogens with zero attached hydrogens (tertiary/aromatic N) is 2. The summed E-state index contributed by atoms with van der Waals surface area (Å²) < 4.78 is 0. The lowest BCUT2D eigenvalue weighted by Gasteiger charge is -2.28. The molecule has 0 saturated heterocycles. The predicted octanol–water partition coefficient (Wildman–Crippen LogP) is -5.08. The molecule has 436 valence electrons. The van der Waals surface area contributed by atoms with Gasteiger partial charge in [0.15, 0.2) is 5.96 Å². The fourth-order valence-electron chi connectivity index (χ4n) is 7.26. The molecule has 1 aromatic heterocycles. The van der Waals surface area contributed by atoms with Crippen LogP contribution in [-0.4, -0.2) is 189 Å². The first-order chi connectivity index (χ1) is 36.3. The van der Waals surface area contributed by atoms with E-state index in [1.807, 2.05) is 0 Å². The number of carboxylic acid groups (broad SMARTS) is 1. The average Bonchev–Trinajstić information content (AvgIpc) is 3.88.